The molecule has 3 heterocycles. The molecule has 1 saturated heterocycles. The zero-order valence-electron chi connectivity index (χ0n) is 16.0. The molecule has 0 radical (unpaired) electrons. The number of nitrogens with zero attached hydrogens (tertiary/aromatic N) is 3. The molecule has 0 bridgehead atoms. The van der Waals surface area contributed by atoms with Crippen LogP contribution in [0.3, 0.4) is 0 Å². The molecule has 1 amide bonds. The summed E-state index contributed by atoms with van der Waals surface area (Å²) < 4.78 is 79.4. The lowest BCUT2D eigenvalue weighted by molar-refractivity contribution is -0.244. The lowest BCUT2D eigenvalue weighted by atomic mass is 9.80. The van der Waals surface area contributed by atoms with Gasteiger partial charge >= 0.3 is 12.4 Å². The first-order chi connectivity index (χ1) is 14.2. The number of hydrogen-bond acceptors (Lipinski definition) is 6. The van der Waals surface area contributed by atoms with Gasteiger partial charge in [0.25, 0.3) is 5.91 Å². The number of carbonyl (C=O) groups excluding carboxylic acids is 1. The Morgan fingerprint density at radius 2 is 1.81 bits per heavy atom. The molecule has 2 aliphatic heterocycles. The van der Waals surface area contributed by atoms with Crippen LogP contribution in [0.15, 0.2) is 34.6 Å². The van der Waals surface area contributed by atoms with E-state index in [1.165, 1.54) is 0 Å². The highest BCUT2D eigenvalue weighted by Gasteiger charge is 2.60. The third-order valence-corrected chi connectivity index (χ3v) is 5.41. The molecule has 7 nitrogen and oxygen atoms in total. The molecule has 13 heteroatoms. The van der Waals surface area contributed by atoms with Crippen LogP contribution < -0.4 is 16.4 Å². The molecular weight excluding hydrogens is 432 g/mol. The minimum absolute atomic E-state index is 0.0793. The average molecular weight is 451 g/mol. The molecule has 1 aromatic rings. The Bertz CT molecular complexity index is 934. The van der Waals surface area contributed by atoms with Gasteiger partial charge in [-0.2, -0.15) is 31.3 Å². The van der Waals surface area contributed by atoms with Crippen molar-refractivity contribution in [2.24, 2.45) is 22.4 Å². The summed E-state index contributed by atoms with van der Waals surface area (Å²) in [4.78, 5) is 20.3. The number of aromatic nitrogens is 1. The van der Waals surface area contributed by atoms with Gasteiger partial charge in [0.05, 0.1) is 17.6 Å². The van der Waals surface area contributed by atoms with Crippen LogP contribution in [-0.4, -0.2) is 46.7 Å². The summed E-state index contributed by atoms with van der Waals surface area (Å²) in [6.07, 6.45) is -9.72. The van der Waals surface area contributed by atoms with Gasteiger partial charge in [0.1, 0.15) is 11.7 Å². The third-order valence-electron chi connectivity index (χ3n) is 5.41. The van der Waals surface area contributed by atoms with Crippen molar-refractivity contribution in [3.05, 3.63) is 35.2 Å². The molecular formula is C18H19F6N5O2. The number of hydrogen-bond donors (Lipinski definition) is 3. The third kappa shape index (κ3) is 4.31. The van der Waals surface area contributed by atoms with E-state index in [1.54, 1.807) is 4.90 Å². The lowest BCUT2D eigenvalue weighted by Crippen LogP contribution is -2.55. The Morgan fingerprint density at radius 3 is 2.35 bits per heavy atom. The minimum atomic E-state index is -5.22. The number of halogens is 6. The van der Waals surface area contributed by atoms with E-state index in [0.29, 0.717) is 0 Å². The Labute approximate surface area is 172 Å². The van der Waals surface area contributed by atoms with Crippen LogP contribution in [0, 0.1) is 5.92 Å². The fourth-order valence-corrected chi connectivity index (χ4v) is 3.77. The van der Waals surface area contributed by atoms with E-state index in [2.05, 4.69) is 9.98 Å². The predicted molar refractivity (Wildman–Crippen MR) is 97.6 cm³/mol. The fourth-order valence-electron chi connectivity index (χ4n) is 3.77. The second-order valence-corrected chi connectivity index (χ2v) is 7.42. The fraction of sp³-hybridized carbons (Fsp3) is 0.500. The van der Waals surface area contributed by atoms with Gasteiger partial charge < -0.3 is 21.5 Å². The van der Waals surface area contributed by atoms with Crippen molar-refractivity contribution in [1.82, 2.24) is 4.98 Å². The van der Waals surface area contributed by atoms with Crippen LogP contribution in [0.1, 0.15) is 24.8 Å². The summed E-state index contributed by atoms with van der Waals surface area (Å²) in [5, 5.41) is 10.3. The van der Waals surface area contributed by atoms with Gasteiger partial charge in [-0.1, -0.05) is 0 Å². The van der Waals surface area contributed by atoms with Crippen molar-refractivity contribution in [2.45, 2.75) is 37.2 Å². The van der Waals surface area contributed by atoms with Crippen molar-refractivity contribution < 1.29 is 36.2 Å². The molecule has 1 atom stereocenters. The molecule has 0 saturated carbocycles. The number of aliphatic imine (C=N–C) groups is 1. The first kappa shape index (κ1) is 22.8. The number of carbonyl (C=O) groups is 1. The van der Waals surface area contributed by atoms with Gasteiger partial charge in [0, 0.05) is 30.9 Å². The number of pyridine rings is 1. The quantitative estimate of drug-likeness (QED) is 0.593. The van der Waals surface area contributed by atoms with E-state index in [-0.39, 0.29) is 37.4 Å². The Kier molecular flexibility index (Phi) is 5.67. The zero-order chi connectivity index (χ0) is 23.2. The van der Waals surface area contributed by atoms with Gasteiger partial charge in [0.15, 0.2) is 5.60 Å². The summed E-state index contributed by atoms with van der Waals surface area (Å²) in [6, 6.07) is 1.73. The van der Waals surface area contributed by atoms with Crippen LogP contribution in [0.25, 0.3) is 0 Å². The number of aliphatic hydroxyl groups is 1. The summed E-state index contributed by atoms with van der Waals surface area (Å²) >= 11 is 0. The van der Waals surface area contributed by atoms with Crippen molar-refractivity contribution in [2.75, 3.05) is 18.0 Å². The maximum absolute atomic E-state index is 13.6. The normalized spacial score (nSPS) is 25.5. The number of anilines is 1. The number of rotatable bonds is 2. The van der Waals surface area contributed by atoms with Gasteiger partial charge in [0.2, 0.25) is 0 Å². The van der Waals surface area contributed by atoms with E-state index < -0.39 is 53.2 Å². The first-order valence-corrected chi connectivity index (χ1v) is 9.19. The molecule has 0 aliphatic carbocycles. The number of amides is 1. The maximum Gasteiger partial charge on any atom is 0.422 e. The van der Waals surface area contributed by atoms with Crippen LogP contribution in [0.4, 0.5) is 32.2 Å². The van der Waals surface area contributed by atoms with E-state index >= 15 is 0 Å². The minimum Gasteiger partial charge on any atom is -0.401 e. The molecule has 1 fully saturated rings. The van der Waals surface area contributed by atoms with E-state index in [4.69, 9.17) is 11.5 Å². The molecule has 1 aromatic heterocycles. The highest BCUT2D eigenvalue weighted by Crippen LogP contribution is 2.43. The van der Waals surface area contributed by atoms with E-state index in [9.17, 15) is 36.2 Å². The second-order valence-electron chi connectivity index (χ2n) is 7.42. The number of piperidine rings is 1. The first-order valence-electron chi connectivity index (χ1n) is 9.19. The largest absolute Gasteiger partial charge is 0.422 e. The average Bonchev–Trinajstić information content (AvgIpc) is 2.66. The van der Waals surface area contributed by atoms with Gasteiger partial charge in [-0.3, -0.25) is 4.79 Å². The molecule has 170 valence electrons. The maximum atomic E-state index is 13.6. The monoisotopic (exact) mass is 451 g/mol. The van der Waals surface area contributed by atoms with Crippen LogP contribution in [0.2, 0.25) is 0 Å². The number of nitrogens with two attached hydrogens (primary N) is 2. The molecule has 0 spiro atoms. The predicted octanol–water partition coefficient (Wildman–Crippen LogP) is 2.11. The molecule has 2 aliphatic rings. The zero-order valence-corrected chi connectivity index (χ0v) is 16.0. The number of allylic oxidation sites excluding steroid dienone is 1. The smallest absolute Gasteiger partial charge is 0.401 e. The van der Waals surface area contributed by atoms with Crippen molar-refractivity contribution >= 4 is 17.6 Å². The van der Waals surface area contributed by atoms with Gasteiger partial charge in [-0.25, -0.2) is 4.98 Å². The van der Waals surface area contributed by atoms with E-state index in [1.807, 2.05) is 0 Å². The highest BCUT2D eigenvalue weighted by atomic mass is 19.4. The number of amidine groups is 1. The Morgan fingerprint density at radius 1 is 1.19 bits per heavy atom. The standard InChI is InChI=1S/C18H19F6N5O2/c19-17(20,21)10-1-4-27-11(7-10)29-5-2-9(3-6-29)14(25)13-15(26)28-12(30)8-16(13,31)18(22,23)24/h1,4,7,9,31H,2-3,5-6,8,25H2,(H2,26,28,30). The van der Waals surface area contributed by atoms with Gasteiger partial charge in [-0.15, -0.1) is 0 Å². The molecule has 3 rings (SSSR count). The Hall–Kier alpha value is -2.83. The Balaban J connectivity index is 1.85. The number of alkyl halides is 6. The summed E-state index contributed by atoms with van der Waals surface area (Å²) in [5.41, 5.74) is 5.89. The molecule has 5 N–H and O–H groups in total. The SMILES string of the molecule is NC1=NC(=O)CC(O)(C(F)(F)F)C1=C(N)C1CCN(c2cc(C(F)(F)F)ccn2)CC1. The highest BCUT2D eigenvalue weighted by molar-refractivity contribution is 6.09. The van der Waals surface area contributed by atoms with Crippen LogP contribution >= 0.6 is 0 Å². The second kappa shape index (κ2) is 7.70. The van der Waals surface area contributed by atoms with E-state index in [0.717, 1.165) is 18.3 Å². The molecule has 1 unspecified atom stereocenters. The summed E-state index contributed by atoms with van der Waals surface area (Å²) in [5.74, 6) is -2.60. The molecule has 31 heavy (non-hydrogen) atoms. The summed E-state index contributed by atoms with van der Waals surface area (Å²) in [6.45, 7) is 0.320. The molecule has 0 aromatic carbocycles. The van der Waals surface area contributed by atoms with Crippen molar-refractivity contribution in [1.29, 1.82) is 0 Å². The van der Waals surface area contributed by atoms with Crippen molar-refractivity contribution in [3.63, 3.8) is 0 Å². The van der Waals surface area contributed by atoms with Crippen LogP contribution in [0.5, 0.6) is 0 Å². The van der Waals surface area contributed by atoms with Gasteiger partial charge in [-0.05, 0) is 25.0 Å². The van der Waals surface area contributed by atoms with Crippen LogP contribution in [-0.2, 0) is 11.0 Å². The summed E-state index contributed by atoms with van der Waals surface area (Å²) in [7, 11) is 0. The topological polar surface area (TPSA) is 118 Å². The lowest BCUT2D eigenvalue weighted by Gasteiger charge is -2.38. The van der Waals surface area contributed by atoms with Crippen molar-refractivity contribution in [3.8, 4) is 0 Å².